The molecule has 1 saturated heterocycles. The standard InChI is InChI=1S/C23H31FN7O7P/c1-5-35-20(33)13(2)30-39(34,38-14-9-7-6-8-10-14)36-11-15-17(32)23(3,24)21(37-15)31-12-27-16-18(26-4)28-22(25)29-19(16)31/h6-10,12-13,15,17,21,32H,5,11H2,1-4H3,(H,30,34)(H3,25,26,28,29)/t13-,15?,17-,21-,23-,39?/m1/s1. The summed E-state index contributed by atoms with van der Waals surface area (Å²) in [5.74, 6) is -0.238. The number of imidazole rings is 1. The maximum absolute atomic E-state index is 15.9. The summed E-state index contributed by atoms with van der Waals surface area (Å²) in [6.45, 7) is 3.76. The molecular formula is C23H31FN7O7P. The monoisotopic (exact) mass is 567 g/mol. The van der Waals surface area contributed by atoms with Gasteiger partial charge in [-0.1, -0.05) is 18.2 Å². The second-order valence-electron chi connectivity index (χ2n) is 8.93. The number of nitrogen functional groups attached to an aromatic ring is 1. The molecule has 14 nitrogen and oxygen atoms in total. The van der Waals surface area contributed by atoms with Crippen molar-refractivity contribution in [2.24, 2.45) is 0 Å². The number of halogens is 1. The highest BCUT2D eigenvalue weighted by Crippen LogP contribution is 2.48. The van der Waals surface area contributed by atoms with Crippen LogP contribution in [0.1, 0.15) is 27.0 Å². The number of fused-ring (bicyclic) bond motifs is 1. The van der Waals surface area contributed by atoms with Crippen LogP contribution >= 0.6 is 7.75 Å². The van der Waals surface area contributed by atoms with Crippen molar-refractivity contribution >= 4 is 36.6 Å². The number of hydrogen-bond donors (Lipinski definition) is 4. The van der Waals surface area contributed by atoms with Gasteiger partial charge in [0.1, 0.15) is 24.0 Å². The second kappa shape index (κ2) is 11.4. The first-order chi connectivity index (χ1) is 18.5. The molecule has 0 radical (unpaired) electrons. The molecule has 0 aliphatic carbocycles. The molecule has 3 heterocycles. The maximum Gasteiger partial charge on any atom is 0.459 e. The Morgan fingerprint density at radius 1 is 1.36 bits per heavy atom. The summed E-state index contributed by atoms with van der Waals surface area (Å²) in [5, 5.41) is 16.2. The Hall–Kier alpha value is -3.36. The third-order valence-electron chi connectivity index (χ3n) is 6.01. The summed E-state index contributed by atoms with van der Waals surface area (Å²) in [5.41, 5.74) is 3.94. The van der Waals surface area contributed by atoms with Crippen LogP contribution in [0.2, 0.25) is 0 Å². The number of esters is 1. The van der Waals surface area contributed by atoms with Crippen LogP contribution < -0.4 is 20.7 Å². The van der Waals surface area contributed by atoms with E-state index in [-0.39, 0.29) is 24.0 Å². The maximum atomic E-state index is 15.9. The van der Waals surface area contributed by atoms with Crippen molar-refractivity contribution < 1.29 is 37.4 Å². The van der Waals surface area contributed by atoms with Crippen molar-refractivity contribution in [1.82, 2.24) is 24.6 Å². The lowest BCUT2D eigenvalue weighted by Gasteiger charge is -2.25. The highest BCUT2D eigenvalue weighted by Gasteiger charge is 2.56. The van der Waals surface area contributed by atoms with Crippen LogP contribution in [0, 0.1) is 0 Å². The SMILES string of the molecule is CCOC(=O)[C@@H](C)NP(=O)(OCC1O[C@@H](n2cnc3c(NC)nc(N)nc32)[C@](C)(F)[C@@H]1O)Oc1ccccc1. The third-order valence-corrected chi connectivity index (χ3v) is 7.66. The van der Waals surface area contributed by atoms with E-state index >= 15 is 4.39 Å². The first-order valence-electron chi connectivity index (χ1n) is 12.1. The molecule has 1 aliphatic heterocycles. The average Bonchev–Trinajstić information content (AvgIpc) is 3.40. The van der Waals surface area contributed by atoms with Gasteiger partial charge in [-0.05, 0) is 32.9 Å². The van der Waals surface area contributed by atoms with Gasteiger partial charge >= 0.3 is 13.7 Å². The highest BCUT2D eigenvalue weighted by molar-refractivity contribution is 7.52. The van der Waals surface area contributed by atoms with Gasteiger partial charge in [0, 0.05) is 7.05 Å². The van der Waals surface area contributed by atoms with Crippen LogP contribution in [0.5, 0.6) is 5.75 Å². The Balaban J connectivity index is 1.57. The minimum atomic E-state index is -4.26. The minimum absolute atomic E-state index is 0.0756. The van der Waals surface area contributed by atoms with Crippen LogP contribution in [-0.4, -0.2) is 74.8 Å². The molecular weight excluding hydrogens is 536 g/mol. The quantitative estimate of drug-likeness (QED) is 0.195. The van der Waals surface area contributed by atoms with Crippen molar-refractivity contribution in [3.05, 3.63) is 36.7 Å². The molecule has 2 unspecified atom stereocenters. The number of anilines is 2. The van der Waals surface area contributed by atoms with E-state index in [1.807, 2.05) is 0 Å². The summed E-state index contributed by atoms with van der Waals surface area (Å²) in [7, 11) is -2.64. The molecule has 39 heavy (non-hydrogen) atoms. The average molecular weight is 568 g/mol. The number of ether oxygens (including phenoxy) is 2. The van der Waals surface area contributed by atoms with Gasteiger partial charge in [0.2, 0.25) is 5.95 Å². The van der Waals surface area contributed by atoms with Gasteiger partial charge in [0.05, 0.1) is 19.5 Å². The van der Waals surface area contributed by atoms with Crippen LogP contribution in [0.4, 0.5) is 16.2 Å². The fourth-order valence-corrected chi connectivity index (χ4v) is 5.57. The summed E-state index contributed by atoms with van der Waals surface area (Å²) >= 11 is 0. The van der Waals surface area contributed by atoms with Gasteiger partial charge in [-0.25, -0.2) is 13.9 Å². The first-order valence-corrected chi connectivity index (χ1v) is 13.7. The lowest BCUT2D eigenvalue weighted by molar-refractivity contribution is -0.144. The van der Waals surface area contributed by atoms with Gasteiger partial charge in [-0.15, -0.1) is 0 Å². The first kappa shape index (κ1) is 28.6. The molecule has 1 aromatic carbocycles. The number of aromatic nitrogens is 4. The summed E-state index contributed by atoms with van der Waals surface area (Å²) in [6, 6.07) is 7.05. The molecule has 0 saturated carbocycles. The van der Waals surface area contributed by atoms with E-state index in [1.54, 1.807) is 44.3 Å². The molecule has 4 rings (SSSR count). The molecule has 1 aliphatic rings. The number of aliphatic hydroxyl groups is 1. The summed E-state index contributed by atoms with van der Waals surface area (Å²) in [6.07, 6.45) is -3.11. The molecule has 1 fully saturated rings. The van der Waals surface area contributed by atoms with Gasteiger partial charge < -0.3 is 30.2 Å². The minimum Gasteiger partial charge on any atom is -0.465 e. The van der Waals surface area contributed by atoms with E-state index in [0.717, 1.165) is 6.92 Å². The number of nitrogens with zero attached hydrogens (tertiary/aromatic N) is 4. The van der Waals surface area contributed by atoms with Crippen LogP contribution in [0.15, 0.2) is 36.7 Å². The molecule has 3 aromatic rings. The molecule has 16 heteroatoms. The van der Waals surface area contributed by atoms with Crippen molar-refractivity contribution in [3.8, 4) is 5.75 Å². The Morgan fingerprint density at radius 2 is 2.08 bits per heavy atom. The summed E-state index contributed by atoms with van der Waals surface area (Å²) < 4.78 is 52.8. The smallest absolute Gasteiger partial charge is 0.459 e. The molecule has 6 atom stereocenters. The predicted molar refractivity (Wildman–Crippen MR) is 139 cm³/mol. The Labute approximate surface area is 223 Å². The number of aliphatic hydroxyl groups excluding tert-OH is 1. The highest BCUT2D eigenvalue weighted by atomic mass is 31.2. The third kappa shape index (κ3) is 5.97. The number of nitrogens with one attached hydrogen (secondary N) is 2. The summed E-state index contributed by atoms with van der Waals surface area (Å²) in [4.78, 5) is 24.6. The molecule has 0 amide bonds. The Kier molecular flexibility index (Phi) is 8.37. The normalized spacial score (nSPS) is 25.2. The Bertz CT molecular complexity index is 1360. The topological polar surface area (TPSA) is 185 Å². The second-order valence-corrected chi connectivity index (χ2v) is 10.6. The lowest BCUT2D eigenvalue weighted by Crippen LogP contribution is -2.41. The molecule has 212 valence electrons. The van der Waals surface area contributed by atoms with Gasteiger partial charge in [-0.2, -0.15) is 15.1 Å². The van der Waals surface area contributed by atoms with E-state index in [4.69, 9.17) is 24.3 Å². The molecule has 0 bridgehead atoms. The van der Waals surface area contributed by atoms with Gasteiger partial charge in [-0.3, -0.25) is 13.9 Å². The van der Waals surface area contributed by atoms with Crippen molar-refractivity contribution in [2.75, 3.05) is 31.3 Å². The van der Waals surface area contributed by atoms with Crippen molar-refractivity contribution in [2.45, 2.75) is 50.9 Å². The van der Waals surface area contributed by atoms with Crippen LogP contribution in [0.3, 0.4) is 0 Å². The van der Waals surface area contributed by atoms with Crippen molar-refractivity contribution in [1.29, 1.82) is 0 Å². The molecule has 0 spiro atoms. The predicted octanol–water partition coefficient (Wildman–Crippen LogP) is 2.18. The number of alkyl halides is 1. The molecule has 2 aromatic heterocycles. The van der Waals surface area contributed by atoms with Crippen molar-refractivity contribution in [3.63, 3.8) is 0 Å². The van der Waals surface area contributed by atoms with Crippen LogP contribution in [0.25, 0.3) is 11.2 Å². The number of benzene rings is 1. The number of carbonyl (C=O) groups excluding carboxylic acids is 1. The largest absolute Gasteiger partial charge is 0.465 e. The molecule has 5 N–H and O–H groups in total. The zero-order valence-electron chi connectivity index (χ0n) is 21.8. The number of para-hydroxylation sites is 1. The number of nitrogens with two attached hydrogens (primary N) is 1. The number of rotatable bonds is 11. The number of carbonyl (C=O) groups is 1. The lowest BCUT2D eigenvalue weighted by atomic mass is 9.98. The zero-order chi connectivity index (χ0) is 28.4. The fourth-order valence-electron chi connectivity index (χ4n) is 4.07. The van der Waals surface area contributed by atoms with E-state index in [9.17, 15) is 14.5 Å². The van der Waals surface area contributed by atoms with E-state index < -0.39 is 50.5 Å². The van der Waals surface area contributed by atoms with E-state index in [0.29, 0.717) is 11.3 Å². The number of hydrogen-bond acceptors (Lipinski definition) is 12. The van der Waals surface area contributed by atoms with Crippen LogP contribution in [-0.2, 0) is 23.4 Å². The van der Waals surface area contributed by atoms with Gasteiger partial charge in [0.25, 0.3) is 0 Å². The zero-order valence-corrected chi connectivity index (χ0v) is 22.7. The fraction of sp³-hybridized carbons (Fsp3) is 0.478. The van der Waals surface area contributed by atoms with Gasteiger partial charge in [0.15, 0.2) is 28.9 Å². The Morgan fingerprint density at radius 3 is 2.74 bits per heavy atom. The van der Waals surface area contributed by atoms with E-state index in [1.165, 1.54) is 17.8 Å². The van der Waals surface area contributed by atoms with E-state index in [2.05, 4.69) is 25.4 Å².